The monoisotopic (exact) mass is 784 g/mol. The van der Waals surface area contributed by atoms with E-state index in [4.69, 9.17) is 33.2 Å². The number of hydrogen-bond donors (Lipinski definition) is 3. The third-order valence-corrected chi connectivity index (χ3v) is 8.38. The number of anilines is 1. The van der Waals surface area contributed by atoms with Gasteiger partial charge in [-0.05, 0) is 74.9 Å². The van der Waals surface area contributed by atoms with E-state index in [1.54, 1.807) is 81.7 Å². The summed E-state index contributed by atoms with van der Waals surface area (Å²) in [5.41, 5.74) is 1.91. The van der Waals surface area contributed by atoms with Crippen molar-refractivity contribution in [2.45, 2.75) is 37.8 Å². The van der Waals surface area contributed by atoms with E-state index in [1.165, 1.54) is 12.1 Å². The summed E-state index contributed by atoms with van der Waals surface area (Å²) in [6.45, 7) is 10.7. The van der Waals surface area contributed by atoms with Crippen LogP contribution in [0.15, 0.2) is 78.0 Å². The molecule has 0 radical (unpaired) electrons. The molecule has 16 heteroatoms. The second-order valence-electron chi connectivity index (χ2n) is 12.6. The zero-order valence-electron chi connectivity index (χ0n) is 31.7. The Morgan fingerprint density at radius 2 is 1.22 bits per heavy atom. The van der Waals surface area contributed by atoms with E-state index < -0.39 is 21.7 Å². The minimum Gasteiger partial charge on any atom is -0.444 e. The number of carbonyl (C=O) groups is 2. The number of benzene rings is 2. The molecule has 3 N–H and O–H groups in total. The fraction of sp³-hybridized carbons (Fsp3) is 0.462. The minimum absolute atomic E-state index is 0.0655. The molecule has 55 heavy (non-hydrogen) atoms. The quantitative estimate of drug-likeness (QED) is 0.0837. The molecule has 0 aliphatic carbocycles. The van der Waals surface area contributed by atoms with Crippen molar-refractivity contribution < 1.29 is 51.2 Å². The molecular formula is C39H52N4O11S. The molecule has 0 saturated carbocycles. The number of nitrogens with one attached hydrogen (secondary N) is 3. The molecule has 3 aromatic rings. The van der Waals surface area contributed by atoms with Gasteiger partial charge in [0.05, 0.1) is 77.6 Å². The van der Waals surface area contributed by atoms with E-state index in [-0.39, 0.29) is 24.0 Å². The van der Waals surface area contributed by atoms with Crippen LogP contribution in [-0.2, 0) is 49.7 Å². The standard InChI is InChI=1S/C39H52N4O11S/c1-39(2,3)54-38(45)41-18-20-49-22-24-51-26-28-53-30-29-52-27-25-50-23-21-48-19-4-5-32-8-12-36(13-9-32)55(46,47)42-31-33-6-10-34(11-7-33)37(44)43-35-14-16-40-17-15-35/h6-17,42H,18-31H2,1-3H3,(H,41,45)(H,40,43,44). The van der Waals surface area contributed by atoms with E-state index in [0.29, 0.717) is 102 Å². The molecule has 3 rings (SSSR count). The fourth-order valence-electron chi connectivity index (χ4n) is 4.29. The molecule has 0 fully saturated rings. The normalized spacial score (nSPS) is 11.4. The van der Waals surface area contributed by atoms with Crippen LogP contribution >= 0.6 is 0 Å². The Hall–Kier alpha value is -4.44. The van der Waals surface area contributed by atoms with Crippen molar-refractivity contribution >= 4 is 27.7 Å². The molecule has 0 unspecified atom stereocenters. The molecule has 2 amide bonds. The van der Waals surface area contributed by atoms with Gasteiger partial charge in [-0.2, -0.15) is 0 Å². The Morgan fingerprint density at radius 3 is 1.76 bits per heavy atom. The van der Waals surface area contributed by atoms with Crippen LogP contribution in [-0.4, -0.2) is 117 Å². The molecular weight excluding hydrogens is 733 g/mol. The van der Waals surface area contributed by atoms with Crippen molar-refractivity contribution in [3.05, 3.63) is 89.7 Å². The Labute approximate surface area is 323 Å². The lowest BCUT2D eigenvalue weighted by molar-refractivity contribution is -0.0154. The highest BCUT2D eigenvalue weighted by molar-refractivity contribution is 7.89. The number of rotatable bonds is 25. The predicted octanol–water partition coefficient (Wildman–Crippen LogP) is 3.79. The Kier molecular flexibility index (Phi) is 20.9. The van der Waals surface area contributed by atoms with Crippen LogP contribution < -0.4 is 15.4 Å². The van der Waals surface area contributed by atoms with Gasteiger partial charge in [0, 0.05) is 42.3 Å². The maximum atomic E-state index is 12.8. The number of sulfonamides is 1. The summed E-state index contributed by atoms with van der Waals surface area (Å²) in [6.07, 6.45) is 2.70. The van der Waals surface area contributed by atoms with Crippen LogP contribution in [0.4, 0.5) is 10.5 Å². The van der Waals surface area contributed by atoms with Crippen LogP contribution in [0.3, 0.4) is 0 Å². The van der Waals surface area contributed by atoms with Gasteiger partial charge in [0.15, 0.2) is 0 Å². The average molecular weight is 785 g/mol. The van der Waals surface area contributed by atoms with Crippen LogP contribution in [0.2, 0.25) is 0 Å². The zero-order chi connectivity index (χ0) is 39.6. The maximum absolute atomic E-state index is 12.8. The minimum atomic E-state index is -3.76. The van der Waals surface area contributed by atoms with Crippen LogP contribution in [0.25, 0.3) is 0 Å². The summed E-state index contributed by atoms with van der Waals surface area (Å²) in [5, 5.41) is 5.40. The molecule has 300 valence electrons. The molecule has 0 atom stereocenters. The third-order valence-electron chi connectivity index (χ3n) is 6.97. The lowest BCUT2D eigenvalue weighted by Crippen LogP contribution is -2.34. The Bertz CT molecular complexity index is 1710. The average Bonchev–Trinajstić information content (AvgIpc) is 3.16. The van der Waals surface area contributed by atoms with Crippen LogP contribution in [0, 0.1) is 11.8 Å². The number of hydrogen-bond acceptors (Lipinski definition) is 12. The highest BCUT2D eigenvalue weighted by Crippen LogP contribution is 2.13. The first kappa shape index (κ1) is 45.0. The van der Waals surface area contributed by atoms with E-state index in [2.05, 4.69) is 32.2 Å². The van der Waals surface area contributed by atoms with E-state index in [9.17, 15) is 18.0 Å². The van der Waals surface area contributed by atoms with Gasteiger partial charge in [0.2, 0.25) is 10.0 Å². The maximum Gasteiger partial charge on any atom is 0.407 e. The third kappa shape index (κ3) is 20.7. The number of alkyl carbamates (subject to hydrolysis) is 1. The molecule has 0 saturated heterocycles. The summed E-state index contributed by atoms with van der Waals surface area (Å²) in [6, 6.07) is 16.3. The second kappa shape index (κ2) is 25.6. The zero-order valence-corrected chi connectivity index (χ0v) is 32.5. The summed E-state index contributed by atoms with van der Waals surface area (Å²) < 4.78 is 66.0. The molecule has 15 nitrogen and oxygen atoms in total. The SMILES string of the molecule is CC(C)(C)OC(=O)NCCOCCOCCOCCOCCOCCOCC#Cc1ccc(S(=O)(=O)NCc2ccc(C(=O)Nc3ccncc3)cc2)cc1. The molecule has 0 aliphatic heterocycles. The summed E-state index contributed by atoms with van der Waals surface area (Å²) in [5.74, 6) is 5.58. The van der Waals surface area contributed by atoms with Crippen molar-refractivity contribution in [1.29, 1.82) is 0 Å². The van der Waals surface area contributed by atoms with Gasteiger partial charge in [0.25, 0.3) is 5.91 Å². The van der Waals surface area contributed by atoms with Gasteiger partial charge < -0.3 is 43.8 Å². The van der Waals surface area contributed by atoms with Crippen LogP contribution in [0.5, 0.6) is 0 Å². The molecule has 1 heterocycles. The van der Waals surface area contributed by atoms with E-state index in [0.717, 1.165) is 0 Å². The first-order valence-corrected chi connectivity index (χ1v) is 19.3. The van der Waals surface area contributed by atoms with Crippen molar-refractivity contribution in [3.8, 4) is 11.8 Å². The molecule has 2 aromatic carbocycles. The number of ether oxygens (including phenoxy) is 7. The molecule has 1 aromatic heterocycles. The van der Waals surface area contributed by atoms with Crippen molar-refractivity contribution in [1.82, 2.24) is 15.0 Å². The van der Waals surface area contributed by atoms with Gasteiger partial charge in [-0.15, -0.1) is 0 Å². The number of aromatic nitrogens is 1. The number of pyridine rings is 1. The summed E-state index contributed by atoms with van der Waals surface area (Å²) in [4.78, 5) is 28.0. The lowest BCUT2D eigenvalue weighted by atomic mass is 10.1. The molecule has 0 spiro atoms. The van der Waals surface area contributed by atoms with Gasteiger partial charge >= 0.3 is 6.09 Å². The highest BCUT2D eigenvalue weighted by Gasteiger charge is 2.16. The first-order chi connectivity index (χ1) is 26.5. The van der Waals surface area contributed by atoms with Crippen LogP contribution in [0.1, 0.15) is 42.3 Å². The van der Waals surface area contributed by atoms with Gasteiger partial charge in [-0.1, -0.05) is 24.0 Å². The van der Waals surface area contributed by atoms with Gasteiger partial charge in [0.1, 0.15) is 12.2 Å². The Morgan fingerprint density at radius 1 is 0.691 bits per heavy atom. The van der Waals surface area contributed by atoms with Crippen molar-refractivity contribution in [2.24, 2.45) is 0 Å². The van der Waals surface area contributed by atoms with Gasteiger partial charge in [-0.3, -0.25) is 9.78 Å². The molecule has 0 aliphatic rings. The first-order valence-electron chi connectivity index (χ1n) is 17.8. The number of carbonyl (C=O) groups excluding carboxylic acids is 2. The van der Waals surface area contributed by atoms with E-state index >= 15 is 0 Å². The lowest BCUT2D eigenvalue weighted by Gasteiger charge is -2.19. The second-order valence-corrected chi connectivity index (χ2v) is 14.3. The van der Waals surface area contributed by atoms with Gasteiger partial charge in [-0.25, -0.2) is 17.9 Å². The molecule has 0 bridgehead atoms. The predicted molar refractivity (Wildman–Crippen MR) is 205 cm³/mol. The van der Waals surface area contributed by atoms with Crippen molar-refractivity contribution in [3.63, 3.8) is 0 Å². The smallest absolute Gasteiger partial charge is 0.407 e. The number of amides is 2. The Balaban J connectivity index is 1.13. The summed E-state index contributed by atoms with van der Waals surface area (Å²) >= 11 is 0. The topological polar surface area (TPSA) is 182 Å². The van der Waals surface area contributed by atoms with Crippen molar-refractivity contribution in [2.75, 3.05) is 91.1 Å². The largest absolute Gasteiger partial charge is 0.444 e. The summed E-state index contributed by atoms with van der Waals surface area (Å²) in [7, 11) is -3.76. The highest BCUT2D eigenvalue weighted by atomic mass is 32.2. The fourth-order valence-corrected chi connectivity index (χ4v) is 5.31. The number of nitrogens with zero attached hydrogens (tertiary/aromatic N) is 1. The van der Waals surface area contributed by atoms with E-state index in [1.807, 2.05) is 0 Å².